The minimum absolute atomic E-state index is 0.220. The summed E-state index contributed by atoms with van der Waals surface area (Å²) < 4.78 is 6.28. The number of hydrogen-bond donors (Lipinski definition) is 2. The Morgan fingerprint density at radius 3 is 3.04 bits per heavy atom. The predicted molar refractivity (Wildman–Crippen MR) is 89.0 cm³/mol. The first-order valence-corrected chi connectivity index (χ1v) is 8.78. The maximum absolute atomic E-state index is 11.6. The Kier molecular flexibility index (Phi) is 2.80. The fourth-order valence-electron chi connectivity index (χ4n) is 5.51. The Bertz CT molecular complexity index is 663. The topological polar surface area (TPSA) is 44.7 Å². The van der Waals surface area contributed by atoms with Gasteiger partial charge in [0.15, 0.2) is 5.72 Å². The summed E-state index contributed by atoms with van der Waals surface area (Å²) >= 11 is 0. The Hall–Kier alpha value is -1.36. The van der Waals surface area contributed by atoms with E-state index in [-0.39, 0.29) is 6.04 Å². The minimum Gasteiger partial charge on any atom is -0.380 e. The maximum Gasteiger partial charge on any atom is 0.187 e. The van der Waals surface area contributed by atoms with Crippen LogP contribution in [0.1, 0.15) is 24.8 Å². The summed E-state index contributed by atoms with van der Waals surface area (Å²) in [7, 11) is 0. The van der Waals surface area contributed by atoms with Crippen LogP contribution in [-0.4, -0.2) is 41.5 Å². The van der Waals surface area contributed by atoms with Gasteiger partial charge in [-0.15, -0.1) is 6.58 Å². The standard InChI is InChI=1S/C19H24N2O2/c1-2-13-12-21-9-7-14(13)11-17(21)19-18(22,8-10-23-19)15-5-3-4-6-16(15)20-19/h2-6,13-14,17,20,22H,1,7-12H2/t13-,14+,17-,18+,19+/m1/s1. The molecule has 1 unspecified atom stereocenters. The van der Waals surface area contributed by atoms with E-state index < -0.39 is 11.3 Å². The molecule has 5 aliphatic rings. The van der Waals surface area contributed by atoms with Crippen molar-refractivity contribution in [2.45, 2.75) is 36.6 Å². The number of benzene rings is 1. The fourth-order valence-corrected chi connectivity index (χ4v) is 5.51. The highest BCUT2D eigenvalue weighted by atomic mass is 16.5. The van der Waals surface area contributed by atoms with Crippen molar-refractivity contribution in [1.29, 1.82) is 0 Å². The highest BCUT2D eigenvalue weighted by Gasteiger charge is 2.67. The number of para-hydroxylation sites is 1. The van der Waals surface area contributed by atoms with Crippen LogP contribution in [0.2, 0.25) is 0 Å². The van der Waals surface area contributed by atoms with Gasteiger partial charge in [0, 0.05) is 24.2 Å². The molecule has 0 saturated carbocycles. The van der Waals surface area contributed by atoms with E-state index in [2.05, 4.69) is 28.9 Å². The van der Waals surface area contributed by atoms with Crippen molar-refractivity contribution in [3.05, 3.63) is 42.5 Å². The smallest absolute Gasteiger partial charge is 0.187 e. The van der Waals surface area contributed by atoms with Gasteiger partial charge in [0.05, 0.1) is 12.6 Å². The Balaban J connectivity index is 1.57. The largest absolute Gasteiger partial charge is 0.380 e. The molecule has 5 heterocycles. The molecule has 4 saturated heterocycles. The highest BCUT2D eigenvalue weighted by Crippen LogP contribution is 2.57. The minimum atomic E-state index is -0.921. The molecular weight excluding hydrogens is 288 g/mol. The van der Waals surface area contributed by atoms with Crippen LogP contribution >= 0.6 is 0 Å². The Morgan fingerprint density at radius 2 is 2.26 bits per heavy atom. The van der Waals surface area contributed by atoms with E-state index in [1.165, 1.54) is 6.42 Å². The van der Waals surface area contributed by atoms with Crippen LogP contribution in [0.25, 0.3) is 0 Å². The molecule has 2 bridgehead atoms. The third-order valence-corrected chi connectivity index (χ3v) is 6.68. The van der Waals surface area contributed by atoms with Crippen LogP contribution in [0.4, 0.5) is 5.69 Å². The zero-order valence-electron chi connectivity index (χ0n) is 13.4. The lowest BCUT2D eigenvalue weighted by molar-refractivity contribution is -0.168. The van der Waals surface area contributed by atoms with E-state index in [1.54, 1.807) is 0 Å². The van der Waals surface area contributed by atoms with Crippen LogP contribution in [0, 0.1) is 11.8 Å². The number of piperidine rings is 3. The maximum atomic E-state index is 11.6. The normalized spacial score (nSPS) is 47.0. The fraction of sp³-hybridized carbons (Fsp3) is 0.579. The summed E-state index contributed by atoms with van der Waals surface area (Å²) in [5.41, 5.74) is 0.412. The molecule has 4 nitrogen and oxygen atoms in total. The second-order valence-corrected chi connectivity index (χ2v) is 7.56. The number of fused-ring (bicyclic) bond motifs is 7. The number of aliphatic hydroxyl groups is 1. The van der Waals surface area contributed by atoms with Gasteiger partial charge in [-0.25, -0.2) is 0 Å². The molecule has 0 radical (unpaired) electrons. The zero-order valence-corrected chi connectivity index (χ0v) is 13.4. The first-order chi connectivity index (χ1) is 11.2. The van der Waals surface area contributed by atoms with Crippen molar-refractivity contribution in [2.75, 3.05) is 25.0 Å². The third-order valence-electron chi connectivity index (χ3n) is 6.68. The lowest BCUT2D eigenvalue weighted by atomic mass is 9.70. The number of rotatable bonds is 2. The first-order valence-electron chi connectivity index (χ1n) is 8.78. The van der Waals surface area contributed by atoms with E-state index in [1.807, 2.05) is 18.2 Å². The van der Waals surface area contributed by atoms with Crippen LogP contribution in [0.5, 0.6) is 0 Å². The lowest BCUT2D eigenvalue weighted by Gasteiger charge is -2.55. The molecule has 4 heteroatoms. The summed E-state index contributed by atoms with van der Waals surface area (Å²) in [4.78, 5) is 2.52. The van der Waals surface area contributed by atoms with Gasteiger partial charge >= 0.3 is 0 Å². The van der Waals surface area contributed by atoms with E-state index in [4.69, 9.17) is 4.74 Å². The van der Waals surface area contributed by atoms with E-state index in [9.17, 15) is 5.11 Å². The summed E-state index contributed by atoms with van der Waals surface area (Å²) in [6.45, 7) is 6.76. The van der Waals surface area contributed by atoms with Gasteiger partial charge in [-0.05, 0) is 37.3 Å². The van der Waals surface area contributed by atoms with Gasteiger partial charge in [0.2, 0.25) is 0 Å². The molecule has 23 heavy (non-hydrogen) atoms. The monoisotopic (exact) mass is 312 g/mol. The quantitative estimate of drug-likeness (QED) is 0.823. The van der Waals surface area contributed by atoms with E-state index >= 15 is 0 Å². The van der Waals surface area contributed by atoms with Gasteiger partial charge in [0.1, 0.15) is 5.60 Å². The molecule has 6 rings (SSSR count). The number of anilines is 1. The SMILES string of the molecule is C=C[C@@H]1CN2CC[C@H]1C[C@@H]2[C@@]12Nc3ccccc3[C@@]1(O)CCO2. The molecule has 4 fully saturated rings. The number of hydrogen-bond acceptors (Lipinski definition) is 4. The number of ether oxygens (including phenoxy) is 1. The van der Waals surface area contributed by atoms with Crippen molar-refractivity contribution in [1.82, 2.24) is 4.90 Å². The summed E-state index contributed by atoms with van der Waals surface area (Å²) in [6, 6.07) is 8.35. The van der Waals surface area contributed by atoms with Crippen LogP contribution in [-0.2, 0) is 10.3 Å². The van der Waals surface area contributed by atoms with Crippen molar-refractivity contribution < 1.29 is 9.84 Å². The first kappa shape index (κ1) is 14.0. The third kappa shape index (κ3) is 1.61. The molecule has 0 aromatic heterocycles. The summed E-state index contributed by atoms with van der Waals surface area (Å²) in [5, 5.41) is 15.2. The number of nitrogens with one attached hydrogen (secondary N) is 1. The molecule has 0 amide bonds. The molecule has 0 aliphatic carbocycles. The predicted octanol–water partition coefficient (Wildman–Crippen LogP) is 2.31. The summed E-state index contributed by atoms with van der Waals surface area (Å²) in [5.74, 6) is 1.24. The average molecular weight is 312 g/mol. The van der Waals surface area contributed by atoms with Gasteiger partial charge in [0.25, 0.3) is 0 Å². The van der Waals surface area contributed by atoms with Gasteiger partial charge in [-0.1, -0.05) is 24.3 Å². The Labute approximate surface area is 137 Å². The Morgan fingerprint density at radius 1 is 1.39 bits per heavy atom. The second-order valence-electron chi connectivity index (χ2n) is 7.56. The second kappa shape index (κ2) is 4.59. The van der Waals surface area contributed by atoms with Crippen molar-refractivity contribution in [3.8, 4) is 0 Å². The molecule has 1 aromatic carbocycles. The average Bonchev–Trinajstić information content (AvgIpc) is 3.05. The van der Waals surface area contributed by atoms with Gasteiger partial charge < -0.3 is 15.2 Å². The van der Waals surface area contributed by atoms with E-state index in [0.29, 0.717) is 24.9 Å². The van der Waals surface area contributed by atoms with Crippen molar-refractivity contribution in [2.24, 2.45) is 11.8 Å². The van der Waals surface area contributed by atoms with Crippen LogP contribution in [0.3, 0.4) is 0 Å². The molecule has 122 valence electrons. The molecule has 1 aromatic rings. The number of nitrogens with zero attached hydrogens (tertiary/aromatic N) is 1. The van der Waals surface area contributed by atoms with Crippen LogP contribution in [0.15, 0.2) is 36.9 Å². The molecular formula is C19H24N2O2. The molecule has 2 N–H and O–H groups in total. The zero-order chi connectivity index (χ0) is 15.7. The summed E-state index contributed by atoms with van der Waals surface area (Å²) in [6.07, 6.45) is 5.08. The van der Waals surface area contributed by atoms with Crippen molar-refractivity contribution in [3.63, 3.8) is 0 Å². The van der Waals surface area contributed by atoms with E-state index in [0.717, 1.165) is 30.8 Å². The van der Waals surface area contributed by atoms with Gasteiger partial charge in [-0.3, -0.25) is 4.90 Å². The molecule has 6 atom stereocenters. The highest BCUT2D eigenvalue weighted by molar-refractivity contribution is 5.63. The lowest BCUT2D eigenvalue weighted by Crippen LogP contribution is -2.68. The van der Waals surface area contributed by atoms with Gasteiger partial charge in [-0.2, -0.15) is 0 Å². The molecule has 0 spiro atoms. The van der Waals surface area contributed by atoms with Crippen LogP contribution < -0.4 is 5.32 Å². The molecule has 5 aliphatic heterocycles. The van der Waals surface area contributed by atoms with Crippen molar-refractivity contribution >= 4 is 5.69 Å².